The lowest BCUT2D eigenvalue weighted by molar-refractivity contribution is 0.102. The number of amides is 1. The lowest BCUT2D eigenvalue weighted by Crippen LogP contribution is -2.14. The number of benzene rings is 2. The van der Waals surface area contributed by atoms with Crippen molar-refractivity contribution < 1.29 is 9.32 Å². The van der Waals surface area contributed by atoms with Crippen LogP contribution in [-0.4, -0.2) is 16.0 Å². The maximum atomic E-state index is 12.6. The van der Waals surface area contributed by atoms with Crippen LogP contribution in [-0.2, 0) is 6.42 Å². The van der Waals surface area contributed by atoms with E-state index in [1.165, 1.54) is 10.3 Å². The molecule has 0 aliphatic carbocycles. The van der Waals surface area contributed by atoms with Crippen molar-refractivity contribution in [3.05, 3.63) is 65.0 Å². The van der Waals surface area contributed by atoms with Crippen LogP contribution >= 0.6 is 11.3 Å². The van der Waals surface area contributed by atoms with Gasteiger partial charge in [-0.05, 0) is 62.2 Å². The number of aromatic nitrogens is 2. The number of carbonyl (C=O) groups is 1. The maximum absolute atomic E-state index is 12.6. The van der Waals surface area contributed by atoms with Crippen LogP contribution in [0.5, 0.6) is 0 Å². The first-order valence-electron chi connectivity index (χ1n) is 8.79. The van der Waals surface area contributed by atoms with Crippen molar-refractivity contribution in [2.24, 2.45) is 0 Å². The number of hydrogen-bond acceptors (Lipinski definition) is 5. The molecular formula is C21H19N3O2S. The second-order valence-corrected chi connectivity index (χ2v) is 7.47. The van der Waals surface area contributed by atoms with Crippen molar-refractivity contribution in [3.63, 3.8) is 0 Å². The molecule has 136 valence electrons. The molecule has 6 heteroatoms. The Kier molecular flexibility index (Phi) is 4.49. The molecular weight excluding hydrogens is 358 g/mol. The number of anilines is 1. The number of carbonyl (C=O) groups excluding carboxylic acids is 1. The second-order valence-electron chi connectivity index (χ2n) is 6.44. The summed E-state index contributed by atoms with van der Waals surface area (Å²) in [5, 5.41) is 7.82. The average molecular weight is 377 g/mol. The van der Waals surface area contributed by atoms with Crippen molar-refractivity contribution >= 4 is 33.1 Å². The first kappa shape index (κ1) is 17.4. The Labute approximate surface area is 161 Å². The average Bonchev–Trinajstić information content (AvgIpc) is 3.25. The van der Waals surface area contributed by atoms with Crippen LogP contribution < -0.4 is 5.32 Å². The fraction of sp³-hybridized carbons (Fsp3) is 0.190. The maximum Gasteiger partial charge on any atom is 0.261 e. The Hall–Kier alpha value is -2.99. The molecule has 0 aliphatic rings. The molecule has 1 N–H and O–H groups in total. The van der Waals surface area contributed by atoms with Gasteiger partial charge in [0.1, 0.15) is 16.3 Å². The molecule has 0 atom stereocenters. The van der Waals surface area contributed by atoms with E-state index in [9.17, 15) is 4.79 Å². The quantitative estimate of drug-likeness (QED) is 0.518. The van der Waals surface area contributed by atoms with Gasteiger partial charge in [0, 0.05) is 11.3 Å². The van der Waals surface area contributed by atoms with Gasteiger partial charge in [0.2, 0.25) is 0 Å². The summed E-state index contributed by atoms with van der Waals surface area (Å²) in [5.41, 5.74) is 5.18. The zero-order valence-electron chi connectivity index (χ0n) is 15.4. The fourth-order valence-corrected chi connectivity index (χ4v) is 4.06. The van der Waals surface area contributed by atoms with Gasteiger partial charge in [-0.2, -0.15) is 0 Å². The molecule has 1 amide bonds. The minimum Gasteiger partial charge on any atom is -0.361 e. The number of aryl methyl sites for hydroxylation is 3. The van der Waals surface area contributed by atoms with E-state index in [2.05, 4.69) is 29.5 Å². The van der Waals surface area contributed by atoms with Gasteiger partial charge in [-0.25, -0.2) is 4.98 Å². The molecule has 2 aromatic carbocycles. The Balaban J connectivity index is 1.56. The number of nitrogens with zero attached hydrogens (tertiary/aromatic N) is 2. The highest BCUT2D eigenvalue weighted by molar-refractivity contribution is 7.21. The summed E-state index contributed by atoms with van der Waals surface area (Å²) in [6.45, 7) is 5.78. The van der Waals surface area contributed by atoms with Gasteiger partial charge in [0.15, 0.2) is 0 Å². The van der Waals surface area contributed by atoms with E-state index in [0.717, 1.165) is 21.8 Å². The minimum atomic E-state index is -0.200. The summed E-state index contributed by atoms with van der Waals surface area (Å²) in [6, 6.07) is 14.0. The highest BCUT2D eigenvalue weighted by Gasteiger charge is 2.19. The van der Waals surface area contributed by atoms with Crippen LogP contribution in [0.25, 0.3) is 20.8 Å². The molecule has 0 saturated heterocycles. The predicted molar refractivity (Wildman–Crippen MR) is 108 cm³/mol. The first-order chi connectivity index (χ1) is 13.0. The number of nitrogens with one attached hydrogen (secondary N) is 1. The molecule has 0 spiro atoms. The van der Waals surface area contributed by atoms with Crippen molar-refractivity contribution in [1.82, 2.24) is 10.1 Å². The van der Waals surface area contributed by atoms with Crippen LogP contribution in [0.15, 0.2) is 47.0 Å². The third kappa shape index (κ3) is 3.36. The molecule has 4 rings (SSSR count). The van der Waals surface area contributed by atoms with E-state index in [1.807, 2.05) is 37.3 Å². The molecule has 0 radical (unpaired) electrons. The molecule has 0 bridgehead atoms. The van der Waals surface area contributed by atoms with Gasteiger partial charge in [-0.15, -0.1) is 11.3 Å². The summed E-state index contributed by atoms with van der Waals surface area (Å²) < 4.78 is 6.32. The molecule has 0 saturated carbocycles. The van der Waals surface area contributed by atoms with Crippen molar-refractivity contribution in [2.75, 3.05) is 5.32 Å². The Morgan fingerprint density at radius 3 is 2.67 bits per heavy atom. The van der Waals surface area contributed by atoms with Gasteiger partial charge < -0.3 is 9.84 Å². The molecule has 4 aromatic rings. The molecule has 0 unspecified atom stereocenters. The monoisotopic (exact) mass is 377 g/mol. The molecule has 2 aromatic heterocycles. The first-order valence-corrected chi connectivity index (χ1v) is 9.61. The van der Waals surface area contributed by atoms with Crippen molar-refractivity contribution in [1.29, 1.82) is 0 Å². The molecule has 5 nitrogen and oxygen atoms in total. The molecule has 27 heavy (non-hydrogen) atoms. The standard InChI is InChI=1S/C21H19N3O2S/c1-4-16-19(13(3)26-24-16)20(25)22-15-8-6-14(7-9-15)21-23-17-10-5-12(2)11-18(17)27-21/h5-11H,4H2,1-3H3,(H,22,25). The minimum absolute atomic E-state index is 0.200. The smallest absolute Gasteiger partial charge is 0.261 e. The Morgan fingerprint density at radius 1 is 1.15 bits per heavy atom. The van der Waals surface area contributed by atoms with Crippen LogP contribution in [0.3, 0.4) is 0 Å². The number of thiazole rings is 1. The van der Waals surface area contributed by atoms with Gasteiger partial charge in [0.05, 0.1) is 15.9 Å². The topological polar surface area (TPSA) is 68.0 Å². The van der Waals surface area contributed by atoms with Crippen molar-refractivity contribution in [3.8, 4) is 10.6 Å². The van der Waals surface area contributed by atoms with E-state index in [-0.39, 0.29) is 5.91 Å². The second kappa shape index (κ2) is 6.96. The highest BCUT2D eigenvalue weighted by atomic mass is 32.1. The van der Waals surface area contributed by atoms with Crippen LogP contribution in [0.4, 0.5) is 5.69 Å². The molecule has 0 aliphatic heterocycles. The number of hydrogen-bond donors (Lipinski definition) is 1. The fourth-order valence-electron chi connectivity index (χ4n) is 3.00. The van der Waals surface area contributed by atoms with E-state index < -0.39 is 0 Å². The van der Waals surface area contributed by atoms with Crippen molar-refractivity contribution in [2.45, 2.75) is 27.2 Å². The number of rotatable bonds is 4. The zero-order valence-corrected chi connectivity index (χ0v) is 16.2. The van der Waals surface area contributed by atoms with E-state index in [4.69, 9.17) is 9.51 Å². The van der Waals surface area contributed by atoms with E-state index in [1.54, 1.807) is 18.3 Å². The Morgan fingerprint density at radius 2 is 1.93 bits per heavy atom. The Bertz CT molecular complexity index is 1130. The van der Waals surface area contributed by atoms with Crippen LogP contribution in [0.1, 0.15) is 34.3 Å². The lowest BCUT2D eigenvalue weighted by Gasteiger charge is -2.06. The van der Waals surface area contributed by atoms with Gasteiger partial charge in [0.25, 0.3) is 5.91 Å². The van der Waals surface area contributed by atoms with Gasteiger partial charge >= 0.3 is 0 Å². The molecule has 2 heterocycles. The third-order valence-electron chi connectivity index (χ3n) is 4.43. The van der Waals surface area contributed by atoms with E-state index >= 15 is 0 Å². The normalized spacial score (nSPS) is 11.1. The highest BCUT2D eigenvalue weighted by Crippen LogP contribution is 2.31. The largest absolute Gasteiger partial charge is 0.361 e. The molecule has 0 fully saturated rings. The summed E-state index contributed by atoms with van der Waals surface area (Å²) >= 11 is 1.67. The summed E-state index contributed by atoms with van der Waals surface area (Å²) in [7, 11) is 0. The van der Waals surface area contributed by atoms with E-state index in [0.29, 0.717) is 23.4 Å². The van der Waals surface area contributed by atoms with Crippen LogP contribution in [0.2, 0.25) is 0 Å². The van der Waals surface area contributed by atoms with Crippen LogP contribution in [0, 0.1) is 13.8 Å². The zero-order chi connectivity index (χ0) is 19.0. The summed E-state index contributed by atoms with van der Waals surface area (Å²) in [6.07, 6.45) is 0.649. The number of fused-ring (bicyclic) bond motifs is 1. The lowest BCUT2D eigenvalue weighted by atomic mass is 10.1. The van der Waals surface area contributed by atoms with Gasteiger partial charge in [-0.3, -0.25) is 4.79 Å². The third-order valence-corrected chi connectivity index (χ3v) is 5.50. The summed E-state index contributed by atoms with van der Waals surface area (Å²) in [5.74, 6) is 0.333. The predicted octanol–water partition coefficient (Wildman–Crippen LogP) is 5.38. The SMILES string of the molecule is CCc1noc(C)c1C(=O)Nc1ccc(-c2nc3ccc(C)cc3s2)cc1. The summed E-state index contributed by atoms with van der Waals surface area (Å²) in [4.78, 5) is 17.3. The van der Waals surface area contributed by atoms with Gasteiger partial charge in [-0.1, -0.05) is 18.1 Å².